The van der Waals surface area contributed by atoms with Gasteiger partial charge in [-0.3, -0.25) is 4.90 Å². The molecule has 0 aromatic carbocycles. The molecule has 4 rings (SSSR count). The maximum Gasteiger partial charge on any atom is 0.490 e. The zero-order valence-electron chi connectivity index (χ0n) is 19.2. The lowest BCUT2D eigenvalue weighted by atomic mass is 10.1. The lowest BCUT2D eigenvalue weighted by Gasteiger charge is -2.38. The summed E-state index contributed by atoms with van der Waals surface area (Å²) in [5.41, 5.74) is 1.17. The number of alkyl halides is 6. The molecule has 1 saturated carbocycles. The summed E-state index contributed by atoms with van der Waals surface area (Å²) in [6, 6.07) is 6.18. The van der Waals surface area contributed by atoms with Crippen LogP contribution >= 0.6 is 11.3 Å². The number of carbonyl (C=O) groups is 2. The molecule has 0 radical (unpaired) electrons. The minimum atomic E-state index is -5.08. The molecule has 1 aliphatic carbocycles. The standard InChI is InChI=1S/C17H21N3O2S.2C2HF3O2/c1-12-19-13(11-23-12)10-20-8-9-21-17-14(20)5-6-15(17)22-16-4-2-3-7-18-16;2*3-2(4,5)1(6)7/h2-4,7,11,14-15,17H,5-6,8-10H2,1H3;2*(H,6,7)/t14-,15+,17+;;/m0../s1. The van der Waals surface area contributed by atoms with E-state index in [1.54, 1.807) is 17.5 Å². The molecule has 0 bridgehead atoms. The van der Waals surface area contributed by atoms with Gasteiger partial charge >= 0.3 is 24.3 Å². The summed E-state index contributed by atoms with van der Waals surface area (Å²) in [6.45, 7) is 4.69. The lowest BCUT2D eigenvalue weighted by Crippen LogP contribution is -2.51. The van der Waals surface area contributed by atoms with Crippen molar-refractivity contribution in [1.29, 1.82) is 0 Å². The molecular weight excluding hydrogens is 536 g/mol. The normalized spacial score (nSPS) is 21.5. The summed E-state index contributed by atoms with van der Waals surface area (Å²) in [7, 11) is 0. The number of aryl methyl sites for hydroxylation is 1. The number of aliphatic carboxylic acids is 2. The number of morpholine rings is 1. The molecule has 2 aromatic rings. The Morgan fingerprint density at radius 1 is 1.14 bits per heavy atom. The highest BCUT2D eigenvalue weighted by molar-refractivity contribution is 7.09. The van der Waals surface area contributed by atoms with E-state index in [2.05, 4.69) is 27.2 Å². The molecule has 1 aliphatic heterocycles. The molecule has 0 amide bonds. The van der Waals surface area contributed by atoms with E-state index in [1.807, 2.05) is 18.2 Å². The second-order valence-corrected chi connectivity index (χ2v) is 8.80. The van der Waals surface area contributed by atoms with Crippen LogP contribution in [0, 0.1) is 6.92 Å². The third kappa shape index (κ3) is 9.77. The molecule has 2 fully saturated rings. The number of carboxylic acid groups (broad SMARTS) is 2. The van der Waals surface area contributed by atoms with Crippen molar-refractivity contribution < 1.29 is 55.6 Å². The van der Waals surface area contributed by atoms with Gasteiger partial charge in [-0.05, 0) is 25.8 Å². The number of aromatic nitrogens is 2. The van der Waals surface area contributed by atoms with Gasteiger partial charge in [0.2, 0.25) is 5.88 Å². The number of fused-ring (bicyclic) bond motifs is 1. The van der Waals surface area contributed by atoms with Gasteiger partial charge in [-0.2, -0.15) is 26.3 Å². The molecule has 37 heavy (non-hydrogen) atoms. The molecule has 2 N–H and O–H groups in total. The molecule has 16 heteroatoms. The van der Waals surface area contributed by atoms with Crippen LogP contribution in [-0.2, 0) is 20.9 Å². The van der Waals surface area contributed by atoms with Gasteiger partial charge < -0.3 is 19.7 Å². The second-order valence-electron chi connectivity index (χ2n) is 7.74. The molecule has 0 unspecified atom stereocenters. The predicted molar refractivity (Wildman–Crippen MR) is 116 cm³/mol. The summed E-state index contributed by atoms with van der Waals surface area (Å²) < 4.78 is 75.6. The van der Waals surface area contributed by atoms with E-state index in [0.717, 1.165) is 37.5 Å². The zero-order chi connectivity index (χ0) is 27.8. The first-order chi connectivity index (χ1) is 17.2. The van der Waals surface area contributed by atoms with Crippen LogP contribution in [0.25, 0.3) is 0 Å². The fourth-order valence-corrected chi connectivity index (χ4v) is 4.18. The number of ether oxygens (including phenoxy) is 2. The number of nitrogens with zero attached hydrogens (tertiary/aromatic N) is 3. The van der Waals surface area contributed by atoms with Crippen molar-refractivity contribution >= 4 is 23.3 Å². The van der Waals surface area contributed by atoms with Gasteiger partial charge in [-0.1, -0.05) is 6.07 Å². The van der Waals surface area contributed by atoms with Crippen molar-refractivity contribution in [3.63, 3.8) is 0 Å². The van der Waals surface area contributed by atoms with E-state index in [0.29, 0.717) is 11.9 Å². The van der Waals surface area contributed by atoms with Crippen molar-refractivity contribution in [1.82, 2.24) is 14.9 Å². The highest BCUT2D eigenvalue weighted by Crippen LogP contribution is 2.33. The summed E-state index contributed by atoms with van der Waals surface area (Å²) >= 11 is 1.72. The van der Waals surface area contributed by atoms with Crippen LogP contribution in [-0.4, -0.2) is 80.8 Å². The molecule has 2 aromatic heterocycles. The summed E-state index contributed by atoms with van der Waals surface area (Å²) in [5, 5.41) is 17.5. The van der Waals surface area contributed by atoms with Gasteiger partial charge in [-0.15, -0.1) is 11.3 Å². The third-order valence-corrected chi connectivity index (χ3v) is 5.90. The zero-order valence-corrected chi connectivity index (χ0v) is 20.0. The number of pyridine rings is 1. The molecule has 3 atom stereocenters. The van der Waals surface area contributed by atoms with Gasteiger partial charge in [-0.25, -0.2) is 19.6 Å². The Morgan fingerprint density at radius 2 is 1.76 bits per heavy atom. The van der Waals surface area contributed by atoms with Gasteiger partial charge in [0.05, 0.1) is 17.3 Å². The average molecular weight is 559 g/mol. The molecule has 9 nitrogen and oxygen atoms in total. The van der Waals surface area contributed by atoms with Gasteiger partial charge in [0.15, 0.2) is 0 Å². The average Bonchev–Trinajstić information content (AvgIpc) is 3.40. The predicted octanol–water partition coefficient (Wildman–Crippen LogP) is 3.92. The van der Waals surface area contributed by atoms with Crippen LogP contribution in [0.15, 0.2) is 29.8 Å². The Balaban J connectivity index is 0.000000286. The molecular formula is C21H23F6N3O6S. The van der Waals surface area contributed by atoms with Gasteiger partial charge in [0.1, 0.15) is 12.2 Å². The molecule has 206 valence electrons. The van der Waals surface area contributed by atoms with Crippen molar-refractivity contribution in [2.24, 2.45) is 0 Å². The molecule has 3 heterocycles. The lowest BCUT2D eigenvalue weighted by molar-refractivity contribution is -0.193. The maximum atomic E-state index is 10.6. The minimum absolute atomic E-state index is 0.0925. The van der Waals surface area contributed by atoms with Gasteiger partial charge in [0, 0.05) is 36.8 Å². The minimum Gasteiger partial charge on any atom is -0.475 e. The van der Waals surface area contributed by atoms with Crippen molar-refractivity contribution in [3.8, 4) is 5.88 Å². The number of hydrogen-bond donors (Lipinski definition) is 2. The molecule has 1 saturated heterocycles. The number of thiazole rings is 1. The van der Waals surface area contributed by atoms with Gasteiger partial charge in [0.25, 0.3) is 0 Å². The summed E-state index contributed by atoms with van der Waals surface area (Å²) in [4.78, 5) is 29.2. The van der Waals surface area contributed by atoms with Crippen LogP contribution in [0.3, 0.4) is 0 Å². The third-order valence-electron chi connectivity index (χ3n) is 5.08. The Morgan fingerprint density at radius 3 is 2.24 bits per heavy atom. The number of halogens is 6. The fraction of sp³-hybridized carbons (Fsp3) is 0.524. The first kappa shape index (κ1) is 30.2. The van der Waals surface area contributed by atoms with Crippen molar-refractivity contribution in [3.05, 3.63) is 40.5 Å². The monoisotopic (exact) mass is 559 g/mol. The smallest absolute Gasteiger partial charge is 0.475 e. The number of rotatable bonds is 4. The van der Waals surface area contributed by atoms with E-state index in [4.69, 9.17) is 29.3 Å². The van der Waals surface area contributed by atoms with Crippen LogP contribution < -0.4 is 4.74 Å². The van der Waals surface area contributed by atoms with Crippen LogP contribution in [0.2, 0.25) is 0 Å². The Kier molecular flexibility index (Phi) is 10.6. The van der Waals surface area contributed by atoms with Crippen LogP contribution in [0.4, 0.5) is 26.3 Å². The SMILES string of the molecule is Cc1nc(CN2CCO[C@H]3[C@H](Oc4ccccn4)CC[C@@H]32)cs1.O=C(O)C(F)(F)F.O=C(O)C(F)(F)F. The van der Waals surface area contributed by atoms with E-state index >= 15 is 0 Å². The molecule has 2 aliphatic rings. The van der Waals surface area contributed by atoms with Crippen molar-refractivity contribution in [2.75, 3.05) is 13.2 Å². The number of carboxylic acids is 2. The van der Waals surface area contributed by atoms with Crippen LogP contribution in [0.1, 0.15) is 23.5 Å². The highest BCUT2D eigenvalue weighted by atomic mass is 32.1. The Hall–Kier alpha value is -2.98. The van der Waals surface area contributed by atoms with E-state index in [1.165, 1.54) is 5.69 Å². The van der Waals surface area contributed by atoms with E-state index in [-0.39, 0.29) is 12.2 Å². The highest BCUT2D eigenvalue weighted by Gasteiger charge is 2.44. The second kappa shape index (κ2) is 13.0. The van der Waals surface area contributed by atoms with Crippen molar-refractivity contribution in [2.45, 2.75) is 56.9 Å². The Bertz CT molecular complexity index is 996. The fourth-order valence-electron chi connectivity index (χ4n) is 3.58. The topological polar surface area (TPSA) is 122 Å². The first-order valence-electron chi connectivity index (χ1n) is 10.6. The van der Waals surface area contributed by atoms with E-state index in [9.17, 15) is 26.3 Å². The molecule has 0 spiro atoms. The quantitative estimate of drug-likeness (QED) is 0.537. The summed E-state index contributed by atoms with van der Waals surface area (Å²) in [5.74, 6) is -4.83. The van der Waals surface area contributed by atoms with E-state index < -0.39 is 24.3 Å². The summed E-state index contributed by atoms with van der Waals surface area (Å²) in [6.07, 6.45) is -6.06. The maximum absolute atomic E-state index is 10.6. The van der Waals surface area contributed by atoms with Crippen LogP contribution in [0.5, 0.6) is 5.88 Å². The Labute approximate surface area is 210 Å². The largest absolute Gasteiger partial charge is 0.490 e. The first-order valence-corrected chi connectivity index (χ1v) is 11.5. The number of hydrogen-bond acceptors (Lipinski definition) is 8.